The number of carbonyl (C=O) groups is 2. The van der Waals surface area contributed by atoms with Crippen LogP contribution in [0.4, 0.5) is 20.2 Å². The smallest absolute Gasteiger partial charge is 0.193 e. The summed E-state index contributed by atoms with van der Waals surface area (Å²) >= 11 is 0. The molecule has 2 aromatic rings. The van der Waals surface area contributed by atoms with Crippen molar-refractivity contribution in [3.05, 3.63) is 107 Å². The number of nitrogens with two attached hydrogens (primary N) is 1. The number of benzene rings is 2. The maximum absolute atomic E-state index is 16.1. The van der Waals surface area contributed by atoms with Gasteiger partial charge in [0.05, 0.1) is 48.1 Å². The minimum Gasteiger partial charge on any atom is -0.399 e. The number of hydrogen-bond acceptors (Lipinski definition) is 14. The summed E-state index contributed by atoms with van der Waals surface area (Å²) in [6.45, 7) is 18.4. The van der Waals surface area contributed by atoms with E-state index in [0.29, 0.717) is 48.3 Å². The summed E-state index contributed by atoms with van der Waals surface area (Å²) in [5.41, 5.74) is 6.57. The Morgan fingerprint density at radius 3 is 1.62 bits per heavy atom. The van der Waals surface area contributed by atoms with E-state index in [2.05, 4.69) is 12.0 Å². The lowest BCUT2D eigenvalue weighted by molar-refractivity contribution is -0.226. The Bertz CT molecular complexity index is 2930. The van der Waals surface area contributed by atoms with E-state index < -0.39 is 87.5 Å². The van der Waals surface area contributed by atoms with Gasteiger partial charge in [0.15, 0.2) is 28.7 Å². The lowest BCUT2D eigenvalue weighted by Gasteiger charge is -2.60. The van der Waals surface area contributed by atoms with Crippen LogP contribution < -0.4 is 5.73 Å². The number of allylic oxidation sites excluding steroid dienone is 8. The quantitative estimate of drug-likeness (QED) is 0.104. The highest BCUT2D eigenvalue weighted by Gasteiger charge is 2.78. The van der Waals surface area contributed by atoms with E-state index in [-0.39, 0.29) is 66.8 Å². The summed E-state index contributed by atoms with van der Waals surface area (Å²) < 4.78 is 57.5. The first-order valence-electron chi connectivity index (χ1n) is 28.7. The maximum atomic E-state index is 16.1. The van der Waals surface area contributed by atoms with Crippen LogP contribution >= 0.6 is 0 Å². The molecule has 14 nitrogen and oxygen atoms in total. The molecular formula is C64H84F2N4O10. The number of aliphatic imine (C=N–C) groups is 1. The molecule has 0 spiro atoms. The molecule has 2 heterocycles. The zero-order chi connectivity index (χ0) is 58.1. The van der Waals surface area contributed by atoms with Crippen molar-refractivity contribution < 1.29 is 57.7 Å². The number of aryl methyl sites for hydroxylation is 2. The van der Waals surface area contributed by atoms with Gasteiger partial charge in [0.1, 0.15) is 24.6 Å². The number of alkyl halides is 2. The number of aliphatic hydroxyl groups excluding tert-OH is 4. The van der Waals surface area contributed by atoms with E-state index in [0.717, 1.165) is 16.9 Å². The van der Waals surface area contributed by atoms with Crippen molar-refractivity contribution in [3.63, 3.8) is 0 Å². The number of nitrogen functional groups attached to an aromatic ring is 1. The Hall–Kier alpha value is -4.78. The number of nitrogens with zero attached hydrogens (tertiary/aromatic N) is 3. The lowest BCUT2D eigenvalue weighted by atomic mass is 9.46. The standard InChI is InChI=1S/C31H38FNO5.C26H37FN2O5.C7H9N/c1-17-6-8-18(9-7-17)33-19-10-11-29(4)22(12-19)23(32)13-20-21-14-26-31(25(36)16-34,38-28(2,3)37-26)30(21,5)15-24(35)27(20)29;1-23(2)33-21-11-16-15-10-18(27)17-9-14(31)7-8-24(17,3)22(15)19(32)12-25(16,4)26(21,34-23)20(13-30)28-29(5)6;1-6-2-4-7(8)5-3-6/h6-12,20-21,23-24,26-27,34-35H,13-16H2,1-5H3;7-9,15-16,18-19,21-22,30,32H,10-13H2,1-6H3;2-5H,8H2,1H3/b;28-20-;/t20-,21-,23-,24-,26+,27+,29-,30-,31+;15-,16-,18-,19-,21+,22+,24-,25-,26+;/m00./s1. The fraction of sp³-hybridized carbons (Fsp3) is 0.625. The highest BCUT2D eigenvalue weighted by atomic mass is 19.1. The minimum absolute atomic E-state index is 0.0106. The van der Waals surface area contributed by atoms with Crippen LogP contribution in [0.15, 0.2) is 106 Å². The number of hydrazone groups is 1. The van der Waals surface area contributed by atoms with Gasteiger partial charge in [-0.15, -0.1) is 0 Å². The first-order valence-corrected chi connectivity index (χ1v) is 28.7. The van der Waals surface area contributed by atoms with Crippen LogP contribution in [-0.2, 0) is 28.5 Å². The number of halogens is 2. The van der Waals surface area contributed by atoms with Crippen molar-refractivity contribution in [2.24, 2.45) is 67.3 Å². The number of fused-ring (bicyclic) bond motifs is 14. The molecule has 0 radical (unpaired) electrons. The number of rotatable bonds is 6. The van der Waals surface area contributed by atoms with E-state index in [9.17, 15) is 30.0 Å². The molecule has 0 amide bonds. The van der Waals surface area contributed by atoms with Crippen LogP contribution in [-0.4, -0.2) is 135 Å². The number of ketones is 2. The number of ether oxygens (including phenoxy) is 4. The number of hydrogen-bond donors (Lipinski definition) is 5. The van der Waals surface area contributed by atoms with E-state index in [4.69, 9.17) is 29.7 Å². The van der Waals surface area contributed by atoms with E-state index in [1.54, 1.807) is 39.0 Å². The fourth-order valence-corrected chi connectivity index (χ4v) is 17.9. The van der Waals surface area contributed by atoms with Gasteiger partial charge in [0.25, 0.3) is 0 Å². The summed E-state index contributed by atoms with van der Waals surface area (Å²) in [6.07, 6.45) is 8.04. The molecule has 10 aliphatic rings. The third-order valence-electron chi connectivity index (χ3n) is 20.8. The third kappa shape index (κ3) is 9.07. The topological polar surface area (TPSA) is 206 Å². The third-order valence-corrected chi connectivity index (χ3v) is 20.8. The Kier molecular flexibility index (Phi) is 14.8. The predicted molar refractivity (Wildman–Crippen MR) is 302 cm³/mol. The van der Waals surface area contributed by atoms with Crippen LogP contribution in [0.3, 0.4) is 0 Å². The van der Waals surface area contributed by atoms with Gasteiger partial charge in [-0.25, -0.2) is 13.8 Å². The average Bonchev–Trinajstić information content (AvgIpc) is 4.04. The summed E-state index contributed by atoms with van der Waals surface area (Å²) in [5, 5.41) is 50.1. The molecule has 0 aromatic heterocycles. The summed E-state index contributed by atoms with van der Waals surface area (Å²) in [5.74, 6) is -3.35. The summed E-state index contributed by atoms with van der Waals surface area (Å²) in [6, 6.07) is 15.7. The van der Waals surface area contributed by atoms with Crippen LogP contribution in [0.1, 0.15) is 105 Å². The van der Waals surface area contributed by atoms with Gasteiger partial charge in [0.2, 0.25) is 0 Å². The predicted octanol–water partition coefficient (Wildman–Crippen LogP) is 8.99. The normalized spacial score (nSPS) is 43.5. The maximum Gasteiger partial charge on any atom is 0.193 e. The fourth-order valence-electron chi connectivity index (χ4n) is 17.9. The van der Waals surface area contributed by atoms with Gasteiger partial charge in [-0.2, -0.15) is 5.10 Å². The molecule has 2 aliphatic heterocycles. The van der Waals surface area contributed by atoms with Crippen LogP contribution in [0.25, 0.3) is 0 Å². The van der Waals surface area contributed by atoms with Crippen molar-refractivity contribution >= 4 is 34.4 Å². The van der Waals surface area contributed by atoms with Crippen LogP contribution in [0.5, 0.6) is 0 Å². The summed E-state index contributed by atoms with van der Waals surface area (Å²) in [7, 11) is 3.59. The molecular weight excluding hydrogens is 1020 g/mol. The first-order chi connectivity index (χ1) is 37.4. The SMILES string of the molecule is CN(C)/N=C(/CO)[C@@]12OC(C)(C)O[C@@H]1C[C@H]1[C@@H]3C[C@H](F)C4=CC(=O)C=C[C@]4(C)[C@H]3[C@@H](O)C[C@@]12C.Cc1ccc(N)cc1.Cc1ccc(N=C2C=C[C@@]3(C)C(=C2)[C@@H](F)C[C@@H]2[C@@H]3[C@@H](O)C[C@@]3(C)[C@H]2C[C@H]2OC(C)(C)O[C@]23C(=O)CO)cc1. The molecule has 12 rings (SSSR count). The molecule has 6 saturated carbocycles. The Balaban J connectivity index is 0.000000159. The van der Waals surface area contributed by atoms with Crippen LogP contribution in [0, 0.1) is 71.0 Å². The second-order valence-electron chi connectivity index (χ2n) is 26.8. The molecule has 2 aromatic carbocycles. The molecule has 16 heteroatoms. The van der Waals surface area contributed by atoms with E-state index in [1.807, 2.05) is 115 Å². The number of Topliss-reactive ketones (excluding diaryl/α,β-unsaturated/α-hetero) is 1. The first kappa shape index (κ1) is 58.4. The van der Waals surface area contributed by atoms with Gasteiger partial charge in [-0.1, -0.05) is 75.2 Å². The molecule has 0 bridgehead atoms. The molecule has 8 aliphatic carbocycles. The Morgan fingerprint density at radius 2 is 1.14 bits per heavy atom. The summed E-state index contributed by atoms with van der Waals surface area (Å²) in [4.78, 5) is 30.1. The van der Waals surface area contributed by atoms with Crippen molar-refractivity contribution in [2.75, 3.05) is 33.0 Å². The zero-order valence-corrected chi connectivity index (χ0v) is 48.6. The van der Waals surface area contributed by atoms with Crippen molar-refractivity contribution in [2.45, 2.75) is 167 Å². The lowest BCUT2D eigenvalue weighted by Crippen LogP contribution is -2.64. The highest BCUT2D eigenvalue weighted by Crippen LogP contribution is 2.72. The Labute approximate surface area is 470 Å². The molecule has 2 saturated heterocycles. The molecule has 18 atom stereocenters. The zero-order valence-electron chi connectivity index (χ0n) is 48.6. The molecule has 80 heavy (non-hydrogen) atoms. The number of carbonyl (C=O) groups excluding carboxylic acids is 2. The average molecular weight is 1110 g/mol. The van der Waals surface area contributed by atoms with Crippen molar-refractivity contribution in [1.82, 2.24) is 5.01 Å². The van der Waals surface area contributed by atoms with Gasteiger partial charge in [-0.3, -0.25) is 9.59 Å². The number of anilines is 1. The second kappa shape index (κ2) is 20.2. The van der Waals surface area contributed by atoms with Gasteiger partial charge in [0, 0.05) is 53.3 Å². The molecule has 434 valence electrons. The second-order valence-corrected chi connectivity index (χ2v) is 26.8. The van der Waals surface area contributed by atoms with E-state index >= 15 is 8.78 Å². The van der Waals surface area contributed by atoms with Gasteiger partial charge >= 0.3 is 0 Å². The van der Waals surface area contributed by atoms with Gasteiger partial charge < -0.3 is 50.1 Å². The molecule has 0 unspecified atom stereocenters. The largest absolute Gasteiger partial charge is 0.399 e. The molecule has 6 N–H and O–H groups in total. The monoisotopic (exact) mass is 1110 g/mol. The van der Waals surface area contributed by atoms with Gasteiger partial charge in [-0.05, 0) is 163 Å². The van der Waals surface area contributed by atoms with Crippen molar-refractivity contribution in [3.8, 4) is 0 Å². The number of aliphatic hydroxyl groups is 4. The minimum atomic E-state index is -1.36. The van der Waals surface area contributed by atoms with Crippen LogP contribution in [0.2, 0.25) is 0 Å². The van der Waals surface area contributed by atoms with E-state index in [1.165, 1.54) is 17.7 Å². The van der Waals surface area contributed by atoms with Crippen molar-refractivity contribution in [1.29, 1.82) is 0 Å². The molecule has 8 fully saturated rings. The highest BCUT2D eigenvalue weighted by molar-refractivity contribution is 6.07. The Morgan fingerprint density at radius 1 is 0.675 bits per heavy atom.